The highest BCUT2D eigenvalue weighted by Gasteiger charge is 2.27. The molecule has 0 bridgehead atoms. The monoisotopic (exact) mass is 552 g/mol. The molecule has 2 aliphatic heterocycles. The Balaban J connectivity index is 0.00000289. The number of fused-ring (bicyclic) bond motifs is 1. The third-order valence-corrected chi connectivity index (χ3v) is 6.19. The normalized spacial score (nSPS) is 19.8. The summed E-state index contributed by atoms with van der Waals surface area (Å²) in [5, 5.41) is 4.70. The number of rotatable bonds is 6. The number of hydrogen-bond acceptors (Lipinski definition) is 5. The number of halogens is 1. The molecule has 32 heavy (non-hydrogen) atoms. The summed E-state index contributed by atoms with van der Waals surface area (Å²) in [6.07, 6.45) is 1.23. The van der Waals surface area contributed by atoms with E-state index in [1.165, 1.54) is 23.9 Å². The Labute approximate surface area is 209 Å². The molecular weight excluding hydrogens is 515 g/mol. The molecule has 1 N–H and O–H groups in total. The van der Waals surface area contributed by atoms with Crippen molar-refractivity contribution in [1.82, 2.24) is 20.1 Å². The fraction of sp³-hybridized carbons (Fsp3) is 0.583. The van der Waals surface area contributed by atoms with Gasteiger partial charge in [0.25, 0.3) is 0 Å². The minimum atomic E-state index is 0. The summed E-state index contributed by atoms with van der Waals surface area (Å²) in [6.45, 7) is 10.8. The number of pyridine rings is 1. The predicted molar refractivity (Wildman–Crippen MR) is 143 cm³/mol. The fourth-order valence-electron chi connectivity index (χ4n) is 4.50. The standard InChI is InChI=1S/C24H36N6O.HI/c1-4-25-24(30-10-9-19(18-30)17-29-11-13-31-14-12-29)26-16-20-15-23(28(2)3)27-22-8-6-5-7-21(20)22;/h5-8,15,19H,4,9-14,16-18H2,1-3H3,(H,25,26);1H. The van der Waals surface area contributed by atoms with Crippen LogP contribution >= 0.6 is 24.0 Å². The van der Waals surface area contributed by atoms with E-state index in [1.807, 2.05) is 20.2 Å². The third-order valence-electron chi connectivity index (χ3n) is 6.19. The first-order valence-corrected chi connectivity index (χ1v) is 11.5. The average molecular weight is 553 g/mol. The van der Waals surface area contributed by atoms with E-state index in [-0.39, 0.29) is 24.0 Å². The molecule has 0 saturated carbocycles. The number of nitrogens with zero attached hydrogens (tertiary/aromatic N) is 5. The van der Waals surface area contributed by atoms with Crippen LogP contribution in [0.2, 0.25) is 0 Å². The summed E-state index contributed by atoms with van der Waals surface area (Å²) in [7, 11) is 4.07. The first kappa shape index (κ1) is 25.0. The summed E-state index contributed by atoms with van der Waals surface area (Å²) in [6, 6.07) is 10.5. The van der Waals surface area contributed by atoms with Gasteiger partial charge >= 0.3 is 0 Å². The molecule has 2 saturated heterocycles. The SMILES string of the molecule is CCNC(=NCc1cc(N(C)C)nc2ccccc12)N1CCC(CN2CCOCC2)C1.I. The van der Waals surface area contributed by atoms with Crippen LogP contribution in [0.4, 0.5) is 5.82 Å². The summed E-state index contributed by atoms with van der Waals surface area (Å²) >= 11 is 0. The van der Waals surface area contributed by atoms with Crippen molar-refractivity contribution < 1.29 is 4.74 Å². The second kappa shape index (κ2) is 12.0. The lowest BCUT2D eigenvalue weighted by Crippen LogP contribution is -2.42. The Kier molecular flexibility index (Phi) is 9.36. The molecular formula is C24H37IN6O. The average Bonchev–Trinajstić information content (AvgIpc) is 3.25. The fourth-order valence-corrected chi connectivity index (χ4v) is 4.50. The smallest absolute Gasteiger partial charge is 0.194 e. The summed E-state index contributed by atoms with van der Waals surface area (Å²) in [4.78, 5) is 16.9. The summed E-state index contributed by atoms with van der Waals surface area (Å²) in [5.74, 6) is 2.70. The Hall–Kier alpha value is -1.65. The van der Waals surface area contributed by atoms with Crippen LogP contribution in [0.3, 0.4) is 0 Å². The molecule has 0 aliphatic carbocycles. The molecule has 4 rings (SSSR count). The number of likely N-dealkylation sites (tertiary alicyclic amines) is 1. The van der Waals surface area contributed by atoms with Gasteiger partial charge in [0.05, 0.1) is 25.3 Å². The highest BCUT2D eigenvalue weighted by Crippen LogP contribution is 2.23. The van der Waals surface area contributed by atoms with E-state index < -0.39 is 0 Å². The van der Waals surface area contributed by atoms with Crippen molar-refractivity contribution in [3.8, 4) is 0 Å². The van der Waals surface area contributed by atoms with Gasteiger partial charge in [0.15, 0.2) is 5.96 Å². The van der Waals surface area contributed by atoms with Gasteiger partial charge in [-0.2, -0.15) is 0 Å². The number of hydrogen-bond donors (Lipinski definition) is 1. The molecule has 0 spiro atoms. The van der Waals surface area contributed by atoms with Crippen molar-refractivity contribution in [1.29, 1.82) is 0 Å². The second-order valence-electron chi connectivity index (χ2n) is 8.74. The zero-order valence-corrected chi connectivity index (χ0v) is 21.9. The van der Waals surface area contributed by atoms with Crippen LogP contribution in [0, 0.1) is 5.92 Å². The third kappa shape index (κ3) is 6.23. The van der Waals surface area contributed by atoms with E-state index in [0.29, 0.717) is 12.5 Å². The zero-order chi connectivity index (χ0) is 21.6. The first-order valence-electron chi connectivity index (χ1n) is 11.5. The number of benzene rings is 1. The van der Waals surface area contributed by atoms with Gasteiger partial charge in [-0.25, -0.2) is 9.98 Å². The number of ether oxygens (including phenoxy) is 1. The van der Waals surface area contributed by atoms with Crippen LogP contribution in [0.25, 0.3) is 10.9 Å². The van der Waals surface area contributed by atoms with E-state index >= 15 is 0 Å². The minimum Gasteiger partial charge on any atom is -0.379 e. The van der Waals surface area contributed by atoms with Crippen molar-refractivity contribution in [2.24, 2.45) is 10.9 Å². The van der Waals surface area contributed by atoms with Crippen molar-refractivity contribution in [2.45, 2.75) is 19.9 Å². The lowest BCUT2D eigenvalue weighted by atomic mass is 10.1. The van der Waals surface area contributed by atoms with Gasteiger partial charge < -0.3 is 19.9 Å². The molecule has 2 aromatic rings. The number of anilines is 1. The molecule has 8 heteroatoms. The largest absolute Gasteiger partial charge is 0.379 e. The summed E-state index contributed by atoms with van der Waals surface area (Å²) in [5.41, 5.74) is 2.24. The van der Waals surface area contributed by atoms with E-state index in [4.69, 9.17) is 14.7 Å². The Bertz CT molecular complexity index is 899. The Morgan fingerprint density at radius 1 is 1.22 bits per heavy atom. The number of aliphatic imine (C=N–C) groups is 1. The van der Waals surface area contributed by atoms with Gasteiger partial charge in [0.2, 0.25) is 0 Å². The molecule has 1 unspecified atom stereocenters. The lowest BCUT2D eigenvalue weighted by Gasteiger charge is -2.29. The van der Waals surface area contributed by atoms with Crippen LogP contribution in [-0.2, 0) is 11.3 Å². The predicted octanol–water partition coefficient (Wildman–Crippen LogP) is 3.04. The molecule has 1 aromatic heterocycles. The number of para-hydroxylation sites is 1. The zero-order valence-electron chi connectivity index (χ0n) is 19.6. The van der Waals surface area contributed by atoms with Crippen LogP contribution in [0.1, 0.15) is 18.9 Å². The maximum absolute atomic E-state index is 5.49. The molecule has 0 radical (unpaired) electrons. The van der Waals surface area contributed by atoms with Crippen molar-refractivity contribution >= 4 is 46.7 Å². The van der Waals surface area contributed by atoms with Gasteiger partial charge in [0, 0.05) is 58.8 Å². The van der Waals surface area contributed by atoms with E-state index in [0.717, 1.165) is 63.2 Å². The topological polar surface area (TPSA) is 56.2 Å². The number of nitrogens with one attached hydrogen (secondary N) is 1. The summed E-state index contributed by atoms with van der Waals surface area (Å²) < 4.78 is 5.49. The highest BCUT2D eigenvalue weighted by atomic mass is 127. The van der Waals surface area contributed by atoms with Gasteiger partial charge in [-0.1, -0.05) is 18.2 Å². The molecule has 7 nitrogen and oxygen atoms in total. The molecule has 1 aromatic carbocycles. The molecule has 2 fully saturated rings. The molecule has 1 atom stereocenters. The van der Waals surface area contributed by atoms with Crippen molar-refractivity contribution in [3.63, 3.8) is 0 Å². The lowest BCUT2D eigenvalue weighted by molar-refractivity contribution is 0.0315. The minimum absolute atomic E-state index is 0. The highest BCUT2D eigenvalue weighted by molar-refractivity contribution is 14.0. The first-order chi connectivity index (χ1) is 15.1. The Morgan fingerprint density at radius 3 is 2.75 bits per heavy atom. The number of guanidine groups is 1. The van der Waals surface area contributed by atoms with Crippen LogP contribution in [0.15, 0.2) is 35.3 Å². The number of morpholine rings is 1. The molecule has 2 aliphatic rings. The van der Waals surface area contributed by atoms with Gasteiger partial charge in [-0.3, -0.25) is 4.90 Å². The van der Waals surface area contributed by atoms with E-state index in [2.05, 4.69) is 51.2 Å². The second-order valence-corrected chi connectivity index (χ2v) is 8.74. The molecule has 3 heterocycles. The van der Waals surface area contributed by atoms with Gasteiger partial charge in [-0.05, 0) is 37.0 Å². The quantitative estimate of drug-likeness (QED) is 0.338. The van der Waals surface area contributed by atoms with Crippen LogP contribution in [0.5, 0.6) is 0 Å². The molecule has 176 valence electrons. The Morgan fingerprint density at radius 2 is 2.00 bits per heavy atom. The molecule has 0 amide bonds. The van der Waals surface area contributed by atoms with Crippen LogP contribution in [-0.4, -0.2) is 87.3 Å². The number of aromatic nitrogens is 1. The van der Waals surface area contributed by atoms with Gasteiger partial charge in [0.1, 0.15) is 5.82 Å². The van der Waals surface area contributed by atoms with Crippen LogP contribution < -0.4 is 10.2 Å². The van der Waals surface area contributed by atoms with E-state index in [9.17, 15) is 0 Å². The maximum Gasteiger partial charge on any atom is 0.194 e. The van der Waals surface area contributed by atoms with E-state index in [1.54, 1.807) is 0 Å². The van der Waals surface area contributed by atoms with Crippen molar-refractivity contribution in [2.75, 3.05) is 71.5 Å². The van der Waals surface area contributed by atoms with Crippen molar-refractivity contribution in [3.05, 3.63) is 35.9 Å². The van der Waals surface area contributed by atoms with Gasteiger partial charge in [-0.15, -0.1) is 24.0 Å². The maximum atomic E-state index is 5.49.